The van der Waals surface area contributed by atoms with Crippen LogP contribution in [0.25, 0.3) is 16.9 Å². The second-order valence-corrected chi connectivity index (χ2v) is 11.3. The molecule has 0 amide bonds. The first-order valence-corrected chi connectivity index (χ1v) is 13.6. The summed E-state index contributed by atoms with van der Waals surface area (Å²) in [7, 11) is 0. The molecule has 0 saturated carbocycles. The van der Waals surface area contributed by atoms with Gasteiger partial charge in [-0.05, 0) is 50.2 Å². The van der Waals surface area contributed by atoms with Gasteiger partial charge in [0.25, 0.3) is 5.56 Å². The van der Waals surface area contributed by atoms with Crippen LogP contribution in [0.4, 0.5) is 17.3 Å². The van der Waals surface area contributed by atoms with Crippen LogP contribution in [0, 0.1) is 0 Å². The van der Waals surface area contributed by atoms with E-state index >= 15 is 0 Å². The summed E-state index contributed by atoms with van der Waals surface area (Å²) >= 11 is 0. The van der Waals surface area contributed by atoms with Gasteiger partial charge >= 0.3 is 0 Å². The number of nitrogens with one attached hydrogen (secondary N) is 1. The molecular formula is C30H38N8O. The molecule has 5 rings (SSSR count). The number of anilines is 3. The average Bonchev–Trinajstić information content (AvgIpc) is 3.19. The lowest BCUT2D eigenvalue weighted by Gasteiger charge is -2.38. The summed E-state index contributed by atoms with van der Waals surface area (Å²) in [6, 6.07) is 14.8. The number of nitrogens with zero attached hydrogens (tertiary/aromatic N) is 7. The van der Waals surface area contributed by atoms with E-state index in [0.29, 0.717) is 35.4 Å². The summed E-state index contributed by atoms with van der Waals surface area (Å²) in [5.74, 6) is 1.04. The minimum atomic E-state index is -0.179. The number of rotatable bonds is 7. The zero-order chi connectivity index (χ0) is 27.7. The van der Waals surface area contributed by atoms with Crippen LogP contribution < -0.4 is 15.8 Å². The fraction of sp³-hybridized carbons (Fsp3) is 0.400. The van der Waals surface area contributed by atoms with Gasteiger partial charge in [0.15, 0.2) is 11.5 Å². The third-order valence-electron chi connectivity index (χ3n) is 7.23. The van der Waals surface area contributed by atoms with Gasteiger partial charge in [-0.25, -0.2) is 19.3 Å². The molecule has 1 saturated heterocycles. The van der Waals surface area contributed by atoms with Gasteiger partial charge < -0.3 is 10.2 Å². The van der Waals surface area contributed by atoms with Crippen molar-refractivity contribution in [2.45, 2.75) is 52.6 Å². The van der Waals surface area contributed by atoms with Gasteiger partial charge in [-0.2, -0.15) is 4.98 Å². The molecule has 0 atom stereocenters. The number of benzene rings is 1. The predicted molar refractivity (Wildman–Crippen MR) is 158 cm³/mol. The van der Waals surface area contributed by atoms with Crippen molar-refractivity contribution in [1.82, 2.24) is 29.2 Å². The smallest absolute Gasteiger partial charge is 0.278 e. The Balaban J connectivity index is 1.44. The lowest BCUT2D eigenvalue weighted by Crippen LogP contribution is -2.48. The largest absolute Gasteiger partial charge is 0.369 e. The Morgan fingerprint density at radius 2 is 1.74 bits per heavy atom. The van der Waals surface area contributed by atoms with Crippen molar-refractivity contribution in [3.8, 4) is 5.82 Å². The number of hydrogen-bond donors (Lipinski definition) is 1. The number of fused-ring (bicyclic) bond motifs is 1. The molecule has 0 unspecified atom stereocenters. The van der Waals surface area contributed by atoms with Crippen LogP contribution in [0.3, 0.4) is 0 Å². The van der Waals surface area contributed by atoms with Gasteiger partial charge in [0.05, 0.1) is 6.54 Å². The van der Waals surface area contributed by atoms with Gasteiger partial charge in [0.2, 0.25) is 5.95 Å². The molecule has 204 valence electrons. The molecule has 9 heteroatoms. The number of piperazine rings is 1. The Hall–Kier alpha value is -3.98. The second-order valence-electron chi connectivity index (χ2n) is 11.3. The van der Waals surface area contributed by atoms with E-state index in [1.165, 1.54) is 5.69 Å². The molecule has 4 aromatic rings. The molecule has 0 aliphatic carbocycles. The van der Waals surface area contributed by atoms with E-state index in [1.807, 2.05) is 30.3 Å². The summed E-state index contributed by atoms with van der Waals surface area (Å²) in [6.45, 7) is 19.2. The quantitative estimate of drug-likeness (QED) is 0.349. The van der Waals surface area contributed by atoms with Crippen molar-refractivity contribution in [3.05, 3.63) is 77.4 Å². The molecule has 4 heterocycles. The summed E-state index contributed by atoms with van der Waals surface area (Å²) in [5, 5.41) is 3.74. The summed E-state index contributed by atoms with van der Waals surface area (Å²) in [4.78, 5) is 32.3. The van der Waals surface area contributed by atoms with Crippen LogP contribution in [0.5, 0.6) is 0 Å². The number of aromatic nitrogens is 5. The molecule has 3 aromatic heterocycles. The molecule has 0 bridgehead atoms. The van der Waals surface area contributed by atoms with E-state index in [1.54, 1.807) is 21.6 Å². The van der Waals surface area contributed by atoms with E-state index in [4.69, 9.17) is 9.97 Å². The molecule has 0 radical (unpaired) electrons. The first-order valence-electron chi connectivity index (χ1n) is 13.6. The molecule has 1 aliphatic rings. The fourth-order valence-electron chi connectivity index (χ4n) is 4.95. The van der Waals surface area contributed by atoms with Crippen LogP contribution in [0.2, 0.25) is 0 Å². The van der Waals surface area contributed by atoms with Crippen LogP contribution in [-0.2, 0) is 12.0 Å². The molecule has 39 heavy (non-hydrogen) atoms. The highest BCUT2D eigenvalue weighted by Crippen LogP contribution is 2.24. The first kappa shape index (κ1) is 26.6. The van der Waals surface area contributed by atoms with Gasteiger partial charge in [0.1, 0.15) is 5.39 Å². The summed E-state index contributed by atoms with van der Waals surface area (Å²) in [5.41, 5.74) is 3.20. The Kier molecular flexibility index (Phi) is 7.27. The van der Waals surface area contributed by atoms with Crippen molar-refractivity contribution in [1.29, 1.82) is 0 Å². The van der Waals surface area contributed by atoms with Crippen LogP contribution in [0.15, 0.2) is 66.1 Å². The van der Waals surface area contributed by atoms with Gasteiger partial charge in [-0.15, -0.1) is 6.58 Å². The highest BCUT2D eigenvalue weighted by Gasteiger charge is 2.21. The molecular weight excluding hydrogens is 488 g/mol. The highest BCUT2D eigenvalue weighted by atomic mass is 16.1. The standard InChI is InChI=1S/C30H38N8O/c1-7-15-37-28(39)24-20-31-29(34-27(24)38(37)26-10-8-9-25(33-26)30(4,5)6)32-22-11-13-23(14-12-22)36-18-16-35(17-19-36)21(2)3/h7-14,20-21H,1,15-19H2,2-6H3,(H,31,32,34). The zero-order valence-electron chi connectivity index (χ0n) is 23.6. The van der Waals surface area contributed by atoms with Crippen molar-refractivity contribution in [2.24, 2.45) is 0 Å². The van der Waals surface area contributed by atoms with Crippen molar-refractivity contribution in [3.63, 3.8) is 0 Å². The Labute approximate surface area is 229 Å². The average molecular weight is 527 g/mol. The van der Waals surface area contributed by atoms with E-state index < -0.39 is 0 Å². The zero-order valence-corrected chi connectivity index (χ0v) is 23.6. The topological polar surface area (TPSA) is 84.1 Å². The lowest BCUT2D eigenvalue weighted by molar-refractivity contribution is 0.209. The molecule has 9 nitrogen and oxygen atoms in total. The Morgan fingerprint density at radius 1 is 1.03 bits per heavy atom. The molecule has 1 N–H and O–H groups in total. The molecule has 1 fully saturated rings. The second kappa shape index (κ2) is 10.6. The Morgan fingerprint density at radius 3 is 2.38 bits per heavy atom. The van der Waals surface area contributed by atoms with Crippen molar-refractivity contribution in [2.75, 3.05) is 36.4 Å². The predicted octanol–water partition coefficient (Wildman–Crippen LogP) is 4.73. The van der Waals surface area contributed by atoms with E-state index in [0.717, 1.165) is 37.6 Å². The first-order chi connectivity index (χ1) is 18.7. The number of allylic oxidation sites excluding steroid dienone is 1. The SMILES string of the molecule is C=CCn1c(=O)c2cnc(Nc3ccc(N4CCN(C(C)C)CC4)cc3)nc2n1-c1cccc(C(C)(C)C)n1. The van der Waals surface area contributed by atoms with E-state index in [9.17, 15) is 4.79 Å². The molecule has 1 aromatic carbocycles. The van der Waals surface area contributed by atoms with Crippen LogP contribution in [-0.4, -0.2) is 61.4 Å². The highest BCUT2D eigenvalue weighted by molar-refractivity contribution is 5.77. The van der Waals surface area contributed by atoms with Crippen molar-refractivity contribution >= 4 is 28.4 Å². The van der Waals surface area contributed by atoms with Crippen LogP contribution in [0.1, 0.15) is 40.3 Å². The maximum absolute atomic E-state index is 13.3. The van der Waals surface area contributed by atoms with Crippen LogP contribution >= 0.6 is 0 Å². The summed E-state index contributed by atoms with van der Waals surface area (Å²) in [6.07, 6.45) is 3.28. The third kappa shape index (κ3) is 5.45. The monoisotopic (exact) mass is 526 g/mol. The minimum absolute atomic E-state index is 0.140. The van der Waals surface area contributed by atoms with E-state index in [2.05, 4.69) is 73.4 Å². The molecule has 0 spiro atoms. The van der Waals surface area contributed by atoms with Gasteiger partial charge in [-0.1, -0.05) is 32.9 Å². The number of pyridine rings is 1. The fourth-order valence-corrected chi connectivity index (χ4v) is 4.95. The van der Waals surface area contributed by atoms with E-state index in [-0.39, 0.29) is 11.0 Å². The molecule has 1 aliphatic heterocycles. The third-order valence-corrected chi connectivity index (χ3v) is 7.23. The van der Waals surface area contributed by atoms with Crippen molar-refractivity contribution < 1.29 is 0 Å². The van der Waals surface area contributed by atoms with Gasteiger partial charge in [-0.3, -0.25) is 9.69 Å². The Bertz CT molecular complexity index is 1520. The lowest BCUT2D eigenvalue weighted by atomic mass is 9.92. The number of hydrogen-bond acceptors (Lipinski definition) is 7. The summed E-state index contributed by atoms with van der Waals surface area (Å²) < 4.78 is 3.36. The minimum Gasteiger partial charge on any atom is -0.369 e. The van der Waals surface area contributed by atoms with Gasteiger partial charge in [0, 0.05) is 60.9 Å². The maximum atomic E-state index is 13.3. The maximum Gasteiger partial charge on any atom is 0.278 e. The normalized spacial score (nSPS) is 14.8.